The number of hydrogen-bond acceptors (Lipinski definition) is 7. The van der Waals surface area contributed by atoms with Gasteiger partial charge >= 0.3 is 8.25 Å². The first-order chi connectivity index (χ1) is 10.5. The first-order valence-corrected chi connectivity index (χ1v) is 8.55. The van der Waals surface area contributed by atoms with Crippen LogP contribution in [0.1, 0.15) is 24.0 Å². The van der Waals surface area contributed by atoms with Crippen molar-refractivity contribution in [3.8, 4) is 0 Å². The largest absolute Gasteiger partial charge is 0.703 e. The van der Waals surface area contributed by atoms with E-state index in [0.717, 1.165) is 0 Å². The summed E-state index contributed by atoms with van der Waals surface area (Å²) in [5.74, 6) is 0. The number of hydrogen-bond donors (Lipinski definition) is 2. The molecule has 2 aromatic heterocycles. The zero-order valence-electron chi connectivity index (χ0n) is 10.8. The molecule has 0 saturated heterocycles. The van der Waals surface area contributed by atoms with Gasteiger partial charge in [0.25, 0.3) is 12.6 Å². The van der Waals surface area contributed by atoms with Gasteiger partial charge in [-0.05, 0) is 56.1 Å². The highest BCUT2D eigenvalue weighted by Gasteiger charge is 2.32. The van der Waals surface area contributed by atoms with Gasteiger partial charge in [0.2, 0.25) is 0 Å². The van der Waals surface area contributed by atoms with Gasteiger partial charge in [0.05, 0.1) is 0 Å². The molecule has 0 spiro atoms. The summed E-state index contributed by atoms with van der Waals surface area (Å²) in [6, 6.07) is 9.57. The van der Waals surface area contributed by atoms with Crippen LogP contribution < -0.4 is 0 Å². The van der Waals surface area contributed by atoms with Gasteiger partial charge in [-0.3, -0.25) is 0 Å². The third kappa shape index (κ3) is 5.13. The van der Waals surface area contributed by atoms with E-state index in [-0.39, 0.29) is 11.4 Å². The standard InChI is InChI=1S/C12H10Br2N2O5P/c13-9-5-1-3-7(15-9)11(17)20-22(19)21-12(18)8-4-2-6-10(14)16-8/h1-6,11-12,17-18H/q+1. The Morgan fingerprint density at radius 1 is 0.909 bits per heavy atom. The molecule has 2 rings (SSSR count). The summed E-state index contributed by atoms with van der Waals surface area (Å²) in [6.45, 7) is 0. The van der Waals surface area contributed by atoms with E-state index in [4.69, 9.17) is 9.05 Å². The van der Waals surface area contributed by atoms with Crippen LogP contribution in [0.15, 0.2) is 45.6 Å². The van der Waals surface area contributed by atoms with E-state index in [1.54, 1.807) is 24.3 Å². The lowest BCUT2D eigenvalue weighted by Crippen LogP contribution is -2.05. The SMILES string of the molecule is O=[P+](OC(O)c1cccc(Br)n1)OC(O)c1cccc(Br)n1. The van der Waals surface area contributed by atoms with Gasteiger partial charge in [0.1, 0.15) is 20.6 Å². The van der Waals surface area contributed by atoms with Crippen LogP contribution in [0.3, 0.4) is 0 Å². The molecular weight excluding hydrogens is 443 g/mol. The van der Waals surface area contributed by atoms with Crippen LogP contribution in [0.4, 0.5) is 0 Å². The fraction of sp³-hybridized carbons (Fsp3) is 0.167. The van der Waals surface area contributed by atoms with E-state index >= 15 is 0 Å². The zero-order valence-corrected chi connectivity index (χ0v) is 14.9. The molecule has 10 heteroatoms. The van der Waals surface area contributed by atoms with Crippen LogP contribution in [0.25, 0.3) is 0 Å². The van der Waals surface area contributed by atoms with E-state index in [1.165, 1.54) is 12.1 Å². The Balaban J connectivity index is 1.95. The number of pyridine rings is 2. The third-order valence-corrected chi connectivity index (χ3v) is 3.98. The maximum atomic E-state index is 11.7. The van der Waals surface area contributed by atoms with Gasteiger partial charge in [-0.15, -0.1) is 0 Å². The highest BCUT2D eigenvalue weighted by molar-refractivity contribution is 9.10. The summed E-state index contributed by atoms with van der Waals surface area (Å²) in [7, 11) is -2.79. The van der Waals surface area contributed by atoms with Gasteiger partial charge in [-0.25, -0.2) is 9.97 Å². The Morgan fingerprint density at radius 3 is 1.68 bits per heavy atom. The molecule has 2 aromatic rings. The van der Waals surface area contributed by atoms with Crippen LogP contribution in [0.5, 0.6) is 0 Å². The number of halogens is 2. The molecule has 7 nitrogen and oxygen atoms in total. The van der Waals surface area contributed by atoms with Crippen LogP contribution in [0, 0.1) is 0 Å². The molecule has 0 aliphatic heterocycles. The Kier molecular flexibility index (Phi) is 6.51. The van der Waals surface area contributed by atoms with Crippen molar-refractivity contribution >= 4 is 40.1 Å². The number of nitrogens with zero attached hydrogens (tertiary/aromatic N) is 2. The minimum Gasteiger partial charge on any atom is -0.359 e. The normalized spacial score (nSPS) is 14.5. The van der Waals surface area contributed by atoms with Gasteiger partial charge in [0.15, 0.2) is 0 Å². The second kappa shape index (κ2) is 8.16. The number of aromatic nitrogens is 2. The molecule has 0 aliphatic rings. The molecular formula is C12H10Br2N2O5P+. The van der Waals surface area contributed by atoms with Crippen LogP contribution in [-0.2, 0) is 13.6 Å². The number of aliphatic hydroxyl groups excluding tert-OH is 2. The smallest absolute Gasteiger partial charge is 0.359 e. The Hall–Kier alpha value is -0.800. The molecule has 2 N–H and O–H groups in total. The fourth-order valence-corrected chi connectivity index (χ4v) is 2.73. The molecule has 2 unspecified atom stereocenters. The Labute approximate surface area is 143 Å². The van der Waals surface area contributed by atoms with Gasteiger partial charge in [-0.1, -0.05) is 21.2 Å². The van der Waals surface area contributed by atoms with Crippen LogP contribution in [0.2, 0.25) is 0 Å². The molecule has 0 aliphatic carbocycles. The second-order valence-electron chi connectivity index (χ2n) is 3.91. The molecule has 2 atom stereocenters. The minimum atomic E-state index is -2.79. The molecule has 0 aromatic carbocycles. The Bertz CT molecular complexity index is 620. The van der Waals surface area contributed by atoms with E-state index in [0.29, 0.717) is 9.21 Å². The van der Waals surface area contributed by atoms with Gasteiger partial charge in [0, 0.05) is 4.57 Å². The maximum absolute atomic E-state index is 11.7. The predicted octanol–water partition coefficient (Wildman–Crippen LogP) is 3.37. The molecule has 0 radical (unpaired) electrons. The van der Waals surface area contributed by atoms with Crippen molar-refractivity contribution in [1.29, 1.82) is 0 Å². The fourth-order valence-electron chi connectivity index (χ4n) is 1.42. The first-order valence-electron chi connectivity index (χ1n) is 5.87. The third-order valence-electron chi connectivity index (χ3n) is 2.35. The maximum Gasteiger partial charge on any atom is 0.703 e. The van der Waals surface area contributed by atoms with E-state index in [1.807, 2.05) is 0 Å². The summed E-state index contributed by atoms with van der Waals surface area (Å²) in [4.78, 5) is 7.90. The summed E-state index contributed by atoms with van der Waals surface area (Å²) >= 11 is 6.28. The minimum absolute atomic E-state index is 0.149. The second-order valence-corrected chi connectivity index (χ2v) is 6.40. The van der Waals surface area contributed by atoms with Crippen molar-refractivity contribution in [2.45, 2.75) is 12.6 Å². The lowest BCUT2D eigenvalue weighted by atomic mass is 10.3. The van der Waals surface area contributed by atoms with Crippen molar-refractivity contribution < 1.29 is 23.8 Å². The average molecular weight is 453 g/mol. The monoisotopic (exact) mass is 451 g/mol. The van der Waals surface area contributed by atoms with Crippen molar-refractivity contribution in [2.75, 3.05) is 0 Å². The molecule has 2 heterocycles. The zero-order chi connectivity index (χ0) is 16.1. The quantitative estimate of drug-likeness (QED) is 0.393. The van der Waals surface area contributed by atoms with E-state index < -0.39 is 20.8 Å². The summed E-state index contributed by atoms with van der Waals surface area (Å²) in [6.07, 6.45) is -3.10. The van der Waals surface area contributed by atoms with Gasteiger partial charge in [-0.2, -0.15) is 0 Å². The van der Waals surface area contributed by atoms with Gasteiger partial charge < -0.3 is 10.2 Å². The van der Waals surface area contributed by atoms with E-state index in [2.05, 4.69) is 41.8 Å². The molecule has 22 heavy (non-hydrogen) atoms. The lowest BCUT2D eigenvalue weighted by molar-refractivity contribution is -0.0651. The molecule has 0 bridgehead atoms. The highest BCUT2D eigenvalue weighted by atomic mass is 79.9. The summed E-state index contributed by atoms with van der Waals surface area (Å²) in [5.41, 5.74) is 0.299. The Morgan fingerprint density at radius 2 is 1.32 bits per heavy atom. The summed E-state index contributed by atoms with van der Waals surface area (Å²) < 4.78 is 22.2. The van der Waals surface area contributed by atoms with Crippen molar-refractivity contribution in [1.82, 2.24) is 9.97 Å². The topological polar surface area (TPSA) is 102 Å². The average Bonchev–Trinajstić information content (AvgIpc) is 2.47. The van der Waals surface area contributed by atoms with E-state index in [9.17, 15) is 14.8 Å². The van der Waals surface area contributed by atoms with Crippen molar-refractivity contribution in [3.05, 3.63) is 57.0 Å². The first kappa shape index (κ1) is 17.6. The van der Waals surface area contributed by atoms with Crippen LogP contribution >= 0.6 is 40.1 Å². The number of rotatable bonds is 6. The summed E-state index contributed by atoms with van der Waals surface area (Å²) in [5, 5.41) is 19.5. The molecule has 0 fully saturated rings. The van der Waals surface area contributed by atoms with Crippen LogP contribution in [-0.4, -0.2) is 20.2 Å². The highest BCUT2D eigenvalue weighted by Crippen LogP contribution is 2.36. The predicted molar refractivity (Wildman–Crippen MR) is 83.6 cm³/mol. The molecule has 0 saturated carbocycles. The van der Waals surface area contributed by atoms with Crippen molar-refractivity contribution in [3.63, 3.8) is 0 Å². The molecule has 0 amide bonds. The van der Waals surface area contributed by atoms with Crippen molar-refractivity contribution in [2.24, 2.45) is 0 Å². The lowest BCUT2D eigenvalue weighted by Gasteiger charge is -2.05. The molecule has 116 valence electrons. The number of aliphatic hydroxyl groups is 2.